The molecule has 4 amide bonds. The molecule has 0 spiro atoms. The van der Waals surface area contributed by atoms with E-state index in [9.17, 15) is 19.2 Å². The van der Waals surface area contributed by atoms with Crippen LogP contribution in [-0.2, 0) is 19.2 Å². The molecule has 4 aliphatic rings. The molecule has 2 aromatic heterocycles. The Morgan fingerprint density at radius 1 is 0.523 bits per heavy atom. The van der Waals surface area contributed by atoms with Gasteiger partial charge in [-0.2, -0.15) is 0 Å². The lowest BCUT2D eigenvalue weighted by Crippen LogP contribution is -2.50. The molecule has 0 N–H and O–H groups in total. The number of methoxy groups -OCH3 is 2. The van der Waals surface area contributed by atoms with Crippen molar-refractivity contribution in [3.05, 3.63) is 93.3 Å². The van der Waals surface area contributed by atoms with E-state index in [4.69, 9.17) is 9.47 Å². The smallest absolute Gasteiger partial charge is 0.253 e. The van der Waals surface area contributed by atoms with Crippen LogP contribution in [0.5, 0.6) is 11.5 Å². The number of imide groups is 2. The largest absolute Gasteiger partial charge is 0.497 e. The van der Waals surface area contributed by atoms with Gasteiger partial charge < -0.3 is 9.47 Å². The molecule has 4 aliphatic heterocycles. The number of hydrogen-bond acceptors (Lipinski definition) is 10. The first-order valence-electron chi connectivity index (χ1n) is 14.1. The summed E-state index contributed by atoms with van der Waals surface area (Å²) in [6.45, 7) is 0. The Labute approximate surface area is 260 Å². The molecular formula is C32H26N4O6S2. The summed E-state index contributed by atoms with van der Waals surface area (Å²) in [7, 11) is 3.11. The summed E-state index contributed by atoms with van der Waals surface area (Å²) in [5, 5.41) is 7.62. The normalized spacial score (nSPS) is 28.1. The van der Waals surface area contributed by atoms with Crippen molar-refractivity contribution in [2.24, 2.45) is 11.8 Å². The molecule has 12 heteroatoms. The number of amides is 4. The molecule has 4 aromatic rings. The van der Waals surface area contributed by atoms with Crippen LogP contribution in [-0.4, -0.2) is 59.9 Å². The Bertz CT molecular complexity index is 1640. The summed E-state index contributed by atoms with van der Waals surface area (Å²) in [5.74, 6) is -1.73. The summed E-state index contributed by atoms with van der Waals surface area (Å²) in [6, 6.07) is 18.3. The number of benzene rings is 2. The first-order valence-corrected chi connectivity index (χ1v) is 15.9. The fraction of sp³-hybridized carbons (Fsp3) is 0.250. The van der Waals surface area contributed by atoms with E-state index in [1.807, 2.05) is 45.0 Å². The highest BCUT2D eigenvalue weighted by molar-refractivity contribution is 7.10. The van der Waals surface area contributed by atoms with Crippen LogP contribution in [0, 0.1) is 11.8 Å². The van der Waals surface area contributed by atoms with E-state index in [0.717, 1.165) is 9.75 Å². The molecule has 0 saturated carbocycles. The first-order chi connectivity index (χ1) is 21.4. The molecular weight excluding hydrogens is 601 g/mol. The zero-order valence-electron chi connectivity index (χ0n) is 23.6. The summed E-state index contributed by atoms with van der Waals surface area (Å²) < 4.78 is 10.6. The van der Waals surface area contributed by atoms with E-state index in [2.05, 4.69) is 0 Å². The number of anilines is 2. The fourth-order valence-electron chi connectivity index (χ4n) is 7.28. The molecule has 0 unspecified atom stereocenters. The van der Waals surface area contributed by atoms with Crippen molar-refractivity contribution >= 4 is 57.7 Å². The lowest BCUT2D eigenvalue weighted by atomic mass is 9.88. The van der Waals surface area contributed by atoms with Crippen LogP contribution in [0.4, 0.5) is 11.4 Å². The summed E-state index contributed by atoms with van der Waals surface area (Å²) in [4.78, 5) is 61.6. The van der Waals surface area contributed by atoms with Gasteiger partial charge >= 0.3 is 0 Å². The molecule has 4 saturated heterocycles. The summed E-state index contributed by atoms with van der Waals surface area (Å²) in [5.41, 5.74) is 0.910. The van der Waals surface area contributed by atoms with Crippen molar-refractivity contribution in [2.45, 2.75) is 24.2 Å². The van der Waals surface area contributed by atoms with Gasteiger partial charge in [0.2, 0.25) is 11.8 Å². The van der Waals surface area contributed by atoms with Gasteiger partial charge in [0.1, 0.15) is 23.6 Å². The van der Waals surface area contributed by atoms with Gasteiger partial charge in [-0.25, -0.2) is 19.8 Å². The van der Waals surface area contributed by atoms with Crippen LogP contribution in [0.2, 0.25) is 0 Å². The number of hydrogen-bond donors (Lipinski definition) is 0. The van der Waals surface area contributed by atoms with Crippen LogP contribution in [0.3, 0.4) is 0 Å². The highest BCUT2D eigenvalue weighted by Crippen LogP contribution is 2.60. The zero-order valence-corrected chi connectivity index (χ0v) is 25.2. The fourth-order valence-corrected chi connectivity index (χ4v) is 9.01. The van der Waals surface area contributed by atoms with Crippen molar-refractivity contribution in [3.8, 4) is 11.5 Å². The molecule has 222 valence electrons. The molecule has 6 heterocycles. The van der Waals surface area contributed by atoms with Gasteiger partial charge in [-0.3, -0.25) is 19.2 Å². The Balaban J connectivity index is 1.27. The van der Waals surface area contributed by atoms with Crippen molar-refractivity contribution < 1.29 is 28.7 Å². The topological polar surface area (TPSA) is 99.7 Å². The molecule has 6 atom stereocenters. The number of ether oxygens (including phenoxy) is 2. The highest BCUT2D eigenvalue weighted by atomic mass is 32.1. The lowest BCUT2D eigenvalue weighted by molar-refractivity contribution is -0.135. The Kier molecular flexibility index (Phi) is 6.24. The van der Waals surface area contributed by atoms with Gasteiger partial charge in [0.05, 0.1) is 49.5 Å². The quantitative estimate of drug-likeness (QED) is 0.293. The molecule has 0 radical (unpaired) electrons. The Morgan fingerprint density at radius 2 is 0.909 bits per heavy atom. The predicted octanol–water partition coefficient (Wildman–Crippen LogP) is 4.27. The van der Waals surface area contributed by atoms with Gasteiger partial charge in [0, 0.05) is 9.75 Å². The first kappa shape index (κ1) is 27.2. The average Bonchev–Trinajstić information content (AvgIpc) is 3.88. The second-order valence-electron chi connectivity index (χ2n) is 11.0. The van der Waals surface area contributed by atoms with Crippen LogP contribution in [0.15, 0.2) is 83.6 Å². The molecule has 4 fully saturated rings. The third-order valence-corrected chi connectivity index (χ3v) is 10.9. The highest BCUT2D eigenvalue weighted by Gasteiger charge is 2.74. The molecule has 8 rings (SSSR count). The zero-order chi connectivity index (χ0) is 30.3. The summed E-state index contributed by atoms with van der Waals surface area (Å²) in [6.07, 6.45) is 0. The molecule has 0 aliphatic carbocycles. The van der Waals surface area contributed by atoms with Gasteiger partial charge in [-0.15, -0.1) is 22.7 Å². The average molecular weight is 627 g/mol. The van der Waals surface area contributed by atoms with Crippen LogP contribution in [0.1, 0.15) is 21.8 Å². The molecule has 2 aromatic carbocycles. The standard InChI is InChI=1S/C32H26N4O6S2/c1-41-19-11-7-17(8-12-19)33-29(37)23-25(21-5-3-15-43-21)36-28-24(26(22-6-4-16-44-22)35(36)27(23)31(33)39)30(38)34(32(28)40)18-9-13-20(42-2)14-10-18/h3-16,23-28H,1-2H3/t23-,24+,25+,26-,27-,28+. The van der Waals surface area contributed by atoms with Gasteiger partial charge in [-0.1, -0.05) is 12.1 Å². The van der Waals surface area contributed by atoms with E-state index in [1.165, 1.54) is 32.5 Å². The van der Waals surface area contributed by atoms with Gasteiger partial charge in [0.25, 0.3) is 11.8 Å². The van der Waals surface area contributed by atoms with Crippen molar-refractivity contribution in [1.82, 2.24) is 10.0 Å². The lowest BCUT2D eigenvalue weighted by Gasteiger charge is -2.35. The van der Waals surface area contributed by atoms with E-state index in [1.54, 1.807) is 62.8 Å². The van der Waals surface area contributed by atoms with Crippen LogP contribution < -0.4 is 19.3 Å². The van der Waals surface area contributed by atoms with Gasteiger partial charge in [0.15, 0.2) is 0 Å². The Morgan fingerprint density at radius 3 is 1.23 bits per heavy atom. The van der Waals surface area contributed by atoms with Crippen LogP contribution >= 0.6 is 22.7 Å². The second kappa shape index (κ2) is 10.1. The minimum atomic E-state index is -0.885. The third kappa shape index (κ3) is 3.65. The maximum atomic E-state index is 14.4. The molecule has 44 heavy (non-hydrogen) atoms. The Hall–Kier alpha value is -4.36. The number of carbonyl (C=O) groups is 4. The predicted molar refractivity (Wildman–Crippen MR) is 163 cm³/mol. The number of thiophene rings is 2. The van der Waals surface area contributed by atoms with E-state index in [0.29, 0.717) is 22.9 Å². The maximum absolute atomic E-state index is 14.4. The van der Waals surface area contributed by atoms with E-state index >= 15 is 0 Å². The number of fused-ring (bicyclic) bond motifs is 5. The summed E-state index contributed by atoms with van der Waals surface area (Å²) >= 11 is 2.94. The number of rotatable bonds is 6. The SMILES string of the molecule is COc1ccc(N2C(=O)[C@@H]3[C@@H](C2=O)N2[C@@H](c4cccs4)[C@H]4C(=O)N(c5ccc(OC)cc5)C(=O)[C@@H]4N2[C@@H]3c2cccs2)cc1. The minimum Gasteiger partial charge on any atom is -0.497 e. The van der Waals surface area contributed by atoms with Gasteiger partial charge in [-0.05, 0) is 71.4 Å². The van der Waals surface area contributed by atoms with Crippen molar-refractivity contribution in [2.75, 3.05) is 24.0 Å². The second-order valence-corrected chi connectivity index (χ2v) is 13.0. The van der Waals surface area contributed by atoms with E-state index in [-0.39, 0.29) is 23.6 Å². The maximum Gasteiger partial charge on any atom is 0.253 e. The van der Waals surface area contributed by atoms with Crippen LogP contribution in [0.25, 0.3) is 0 Å². The minimum absolute atomic E-state index is 0.330. The number of nitrogens with zero attached hydrogens (tertiary/aromatic N) is 4. The van der Waals surface area contributed by atoms with Crippen molar-refractivity contribution in [3.63, 3.8) is 0 Å². The number of hydrazine groups is 1. The monoisotopic (exact) mass is 626 g/mol. The molecule has 10 nitrogen and oxygen atoms in total. The number of carbonyl (C=O) groups excluding carboxylic acids is 4. The van der Waals surface area contributed by atoms with E-state index < -0.39 is 36.0 Å². The molecule has 0 bridgehead atoms. The third-order valence-electron chi connectivity index (χ3n) is 9.06. The van der Waals surface area contributed by atoms with Crippen molar-refractivity contribution in [1.29, 1.82) is 0 Å².